The van der Waals surface area contributed by atoms with Crippen LogP contribution in [0, 0.1) is 16.0 Å². The number of hydrogen-bond acceptors (Lipinski definition) is 5. The third kappa shape index (κ3) is 3.11. The summed E-state index contributed by atoms with van der Waals surface area (Å²) in [6.07, 6.45) is 2.18. The van der Waals surface area contributed by atoms with E-state index in [-0.39, 0.29) is 5.69 Å². The van der Waals surface area contributed by atoms with Crippen molar-refractivity contribution in [3.05, 3.63) is 28.3 Å². The van der Waals surface area contributed by atoms with Gasteiger partial charge >= 0.3 is 0 Å². The number of imidazole rings is 1. The lowest BCUT2D eigenvalue weighted by atomic mass is 10.0. The summed E-state index contributed by atoms with van der Waals surface area (Å²) in [5, 5.41) is 14.4. The molecule has 1 aromatic heterocycles. The second-order valence-electron chi connectivity index (χ2n) is 5.23. The van der Waals surface area contributed by atoms with Crippen molar-refractivity contribution in [3.8, 4) is 0 Å². The molecule has 0 amide bonds. The van der Waals surface area contributed by atoms with Crippen LogP contribution in [0.4, 0.5) is 5.69 Å². The van der Waals surface area contributed by atoms with E-state index < -0.39 is 15.7 Å². The number of benzene rings is 1. The third-order valence-electron chi connectivity index (χ3n) is 3.66. The molecule has 8 heteroatoms. The van der Waals surface area contributed by atoms with Gasteiger partial charge in [0.2, 0.25) is 0 Å². The van der Waals surface area contributed by atoms with Crippen molar-refractivity contribution < 1.29 is 9.13 Å². The van der Waals surface area contributed by atoms with Crippen molar-refractivity contribution in [2.75, 3.05) is 18.8 Å². The highest BCUT2D eigenvalue weighted by atomic mass is 32.2. The van der Waals surface area contributed by atoms with Crippen LogP contribution in [0.25, 0.3) is 11.0 Å². The van der Waals surface area contributed by atoms with Crippen LogP contribution in [-0.4, -0.2) is 37.9 Å². The molecule has 0 radical (unpaired) electrons. The van der Waals surface area contributed by atoms with E-state index in [1.807, 2.05) is 0 Å². The number of nitro groups is 1. The van der Waals surface area contributed by atoms with Crippen LogP contribution in [0.3, 0.4) is 0 Å². The normalized spacial score (nSPS) is 20.5. The minimum atomic E-state index is -1.21. The molecule has 1 aliphatic rings. The molecule has 0 bridgehead atoms. The monoisotopic (exact) mass is 308 g/mol. The topological polar surface area (TPSA) is 101 Å². The first-order chi connectivity index (χ1) is 10.1. The van der Waals surface area contributed by atoms with Crippen LogP contribution in [0.5, 0.6) is 0 Å². The lowest BCUT2D eigenvalue weighted by Crippen LogP contribution is -2.32. The summed E-state index contributed by atoms with van der Waals surface area (Å²) in [5.41, 5.74) is 1.15. The summed E-state index contributed by atoms with van der Waals surface area (Å²) in [6, 6.07) is 4.40. The van der Waals surface area contributed by atoms with Crippen molar-refractivity contribution >= 4 is 27.5 Å². The summed E-state index contributed by atoms with van der Waals surface area (Å²) in [6.45, 7) is 1.91. The Morgan fingerprint density at radius 3 is 3.05 bits per heavy atom. The minimum absolute atomic E-state index is 0.0000344. The predicted octanol–water partition coefficient (Wildman–Crippen LogP) is 1.58. The molecule has 0 saturated carbocycles. The first-order valence-electron chi connectivity index (χ1n) is 6.87. The highest BCUT2D eigenvalue weighted by Gasteiger charge is 2.19. The summed E-state index contributed by atoms with van der Waals surface area (Å²) in [5.74, 6) is 0.955. The van der Waals surface area contributed by atoms with Gasteiger partial charge in [-0.15, -0.1) is 0 Å². The number of rotatable bonds is 4. The average Bonchev–Trinajstić information content (AvgIpc) is 2.91. The molecule has 1 fully saturated rings. The second kappa shape index (κ2) is 5.90. The number of non-ortho nitro benzene ring substituents is 1. The Balaban J connectivity index is 1.79. The number of hydrogen-bond donors (Lipinski definition) is 2. The van der Waals surface area contributed by atoms with Crippen LogP contribution < -0.4 is 5.32 Å². The number of piperidine rings is 1. The van der Waals surface area contributed by atoms with Crippen LogP contribution in [0.1, 0.15) is 12.8 Å². The Morgan fingerprint density at radius 1 is 1.48 bits per heavy atom. The average molecular weight is 308 g/mol. The molecule has 7 nitrogen and oxygen atoms in total. The minimum Gasteiger partial charge on any atom is -0.331 e. The summed E-state index contributed by atoms with van der Waals surface area (Å²) < 4.78 is 12.4. The molecule has 0 spiro atoms. The number of nitrogens with one attached hydrogen (secondary N) is 2. The molecular weight excluding hydrogens is 292 g/mol. The number of nitrogens with zero attached hydrogens (tertiary/aromatic N) is 2. The molecule has 2 atom stereocenters. The fourth-order valence-electron chi connectivity index (χ4n) is 2.55. The Bertz CT molecular complexity index is 694. The maximum Gasteiger partial charge on any atom is 0.271 e. The zero-order valence-corrected chi connectivity index (χ0v) is 12.2. The SMILES string of the molecule is O=[N+]([O-])c1ccc2nc([S@](=O)C[C@H]3CCCNC3)[nH]c2c1. The molecule has 1 saturated heterocycles. The second-order valence-corrected chi connectivity index (χ2v) is 6.64. The Kier molecular flexibility index (Phi) is 3.98. The van der Waals surface area contributed by atoms with Gasteiger partial charge in [0.1, 0.15) is 0 Å². The molecule has 21 heavy (non-hydrogen) atoms. The van der Waals surface area contributed by atoms with Gasteiger partial charge in [-0.25, -0.2) is 4.98 Å². The van der Waals surface area contributed by atoms with Crippen molar-refractivity contribution in [1.82, 2.24) is 15.3 Å². The first-order valence-corrected chi connectivity index (χ1v) is 8.18. The lowest BCUT2D eigenvalue weighted by Gasteiger charge is -2.21. The van der Waals surface area contributed by atoms with Gasteiger partial charge in [-0.3, -0.25) is 14.3 Å². The van der Waals surface area contributed by atoms with Gasteiger partial charge in [0, 0.05) is 17.9 Å². The maximum atomic E-state index is 12.4. The van der Waals surface area contributed by atoms with Gasteiger partial charge in [-0.2, -0.15) is 0 Å². The summed E-state index contributed by atoms with van der Waals surface area (Å²) in [7, 11) is -1.21. The maximum absolute atomic E-state index is 12.4. The van der Waals surface area contributed by atoms with E-state index in [9.17, 15) is 14.3 Å². The fraction of sp³-hybridized carbons (Fsp3) is 0.462. The quantitative estimate of drug-likeness (QED) is 0.659. The molecule has 0 unspecified atom stereocenters. The van der Waals surface area contributed by atoms with Crippen molar-refractivity contribution in [3.63, 3.8) is 0 Å². The van der Waals surface area contributed by atoms with Crippen molar-refractivity contribution in [2.45, 2.75) is 18.0 Å². The highest BCUT2D eigenvalue weighted by Crippen LogP contribution is 2.21. The predicted molar refractivity (Wildman–Crippen MR) is 79.6 cm³/mol. The Morgan fingerprint density at radius 2 is 2.33 bits per heavy atom. The first kappa shape index (κ1) is 14.2. The third-order valence-corrected chi connectivity index (χ3v) is 5.06. The number of aromatic amines is 1. The highest BCUT2D eigenvalue weighted by molar-refractivity contribution is 7.84. The number of aromatic nitrogens is 2. The molecule has 1 aromatic carbocycles. The lowest BCUT2D eigenvalue weighted by molar-refractivity contribution is -0.384. The van der Waals surface area contributed by atoms with Gasteiger partial charge in [0.05, 0.1) is 26.8 Å². The molecule has 3 rings (SSSR count). The van der Waals surface area contributed by atoms with Gasteiger partial charge in [-0.05, 0) is 37.9 Å². The van der Waals surface area contributed by atoms with Crippen LogP contribution in [-0.2, 0) is 10.8 Å². The molecule has 2 N–H and O–H groups in total. The van der Waals surface area contributed by atoms with Gasteiger partial charge in [0.15, 0.2) is 5.16 Å². The molecule has 0 aliphatic carbocycles. The number of nitro benzene ring substituents is 1. The standard InChI is InChI=1S/C13H16N4O3S/c18-17(19)10-3-4-11-12(6-10)16-13(15-11)21(20)8-9-2-1-5-14-7-9/h3-4,6,9,14H,1-2,5,7-8H2,(H,15,16)/t9-,21+/m0/s1. The Hall–Kier alpha value is -1.80. The van der Waals surface area contributed by atoms with E-state index in [1.165, 1.54) is 12.1 Å². The fourth-order valence-corrected chi connectivity index (χ4v) is 3.85. The Labute approximate surface area is 123 Å². The van der Waals surface area contributed by atoms with Crippen LogP contribution in [0.2, 0.25) is 0 Å². The number of H-pyrrole nitrogens is 1. The summed E-state index contributed by atoms with van der Waals surface area (Å²) >= 11 is 0. The summed E-state index contributed by atoms with van der Waals surface area (Å²) in [4.78, 5) is 17.5. The molecule has 1 aliphatic heterocycles. The van der Waals surface area contributed by atoms with Gasteiger partial charge < -0.3 is 10.3 Å². The van der Waals surface area contributed by atoms with Gasteiger partial charge in [-0.1, -0.05) is 0 Å². The van der Waals surface area contributed by atoms with Crippen LogP contribution >= 0.6 is 0 Å². The van der Waals surface area contributed by atoms with E-state index in [2.05, 4.69) is 15.3 Å². The van der Waals surface area contributed by atoms with E-state index in [1.54, 1.807) is 6.07 Å². The van der Waals surface area contributed by atoms with Gasteiger partial charge in [0.25, 0.3) is 5.69 Å². The van der Waals surface area contributed by atoms with E-state index in [4.69, 9.17) is 0 Å². The van der Waals surface area contributed by atoms with E-state index in [0.717, 1.165) is 25.9 Å². The molecular formula is C13H16N4O3S. The molecule has 112 valence electrons. The smallest absolute Gasteiger partial charge is 0.271 e. The zero-order chi connectivity index (χ0) is 14.8. The molecule has 2 heterocycles. The number of fused-ring (bicyclic) bond motifs is 1. The van der Waals surface area contributed by atoms with Crippen molar-refractivity contribution in [1.29, 1.82) is 0 Å². The van der Waals surface area contributed by atoms with E-state index >= 15 is 0 Å². The van der Waals surface area contributed by atoms with E-state index in [0.29, 0.717) is 27.9 Å². The van der Waals surface area contributed by atoms with Crippen LogP contribution in [0.15, 0.2) is 23.4 Å². The molecule has 2 aromatic rings. The largest absolute Gasteiger partial charge is 0.331 e. The van der Waals surface area contributed by atoms with Crippen molar-refractivity contribution in [2.24, 2.45) is 5.92 Å². The zero-order valence-electron chi connectivity index (χ0n) is 11.4.